The number of likely N-dealkylation sites (tertiary alicyclic amines) is 1. The SMILES string of the molecule is NC(=O)C1CCN(CC(=O)Nc2ccccc2C(=O)NC2CCCC2)CC1. The van der Waals surface area contributed by atoms with Crippen molar-refractivity contribution in [2.75, 3.05) is 25.0 Å². The third-order valence-corrected chi connectivity index (χ3v) is 5.49. The molecule has 1 aromatic rings. The molecule has 0 aromatic heterocycles. The van der Waals surface area contributed by atoms with Crippen molar-refractivity contribution in [2.45, 2.75) is 44.6 Å². The number of amides is 3. The molecule has 1 aromatic carbocycles. The summed E-state index contributed by atoms with van der Waals surface area (Å²) in [5.41, 5.74) is 6.37. The Morgan fingerprint density at radius 3 is 2.37 bits per heavy atom. The smallest absolute Gasteiger partial charge is 0.253 e. The molecule has 3 amide bonds. The van der Waals surface area contributed by atoms with Crippen molar-refractivity contribution in [1.29, 1.82) is 0 Å². The molecule has 4 N–H and O–H groups in total. The summed E-state index contributed by atoms with van der Waals surface area (Å²) in [6.45, 7) is 1.58. The Morgan fingerprint density at radius 2 is 1.70 bits per heavy atom. The number of hydrogen-bond acceptors (Lipinski definition) is 4. The molecule has 146 valence electrons. The van der Waals surface area contributed by atoms with Crippen LogP contribution in [0.2, 0.25) is 0 Å². The molecule has 0 bridgehead atoms. The lowest BCUT2D eigenvalue weighted by Crippen LogP contribution is -2.42. The van der Waals surface area contributed by atoms with Crippen LogP contribution in [0, 0.1) is 5.92 Å². The highest BCUT2D eigenvalue weighted by Crippen LogP contribution is 2.21. The molecular weight excluding hydrogens is 344 g/mol. The maximum absolute atomic E-state index is 12.6. The highest BCUT2D eigenvalue weighted by Gasteiger charge is 2.25. The molecule has 3 rings (SSSR count). The molecule has 1 heterocycles. The summed E-state index contributed by atoms with van der Waals surface area (Å²) in [4.78, 5) is 38.3. The minimum Gasteiger partial charge on any atom is -0.369 e. The number of carbonyl (C=O) groups excluding carboxylic acids is 3. The number of anilines is 1. The van der Waals surface area contributed by atoms with Crippen molar-refractivity contribution in [3.63, 3.8) is 0 Å². The van der Waals surface area contributed by atoms with Gasteiger partial charge < -0.3 is 16.4 Å². The van der Waals surface area contributed by atoms with Crippen molar-refractivity contribution in [2.24, 2.45) is 11.7 Å². The molecule has 27 heavy (non-hydrogen) atoms. The highest BCUT2D eigenvalue weighted by atomic mass is 16.2. The maximum Gasteiger partial charge on any atom is 0.253 e. The first-order valence-electron chi connectivity index (χ1n) is 9.74. The van der Waals surface area contributed by atoms with Gasteiger partial charge >= 0.3 is 0 Å². The third kappa shape index (κ3) is 5.29. The van der Waals surface area contributed by atoms with Gasteiger partial charge in [0.15, 0.2) is 0 Å². The number of carbonyl (C=O) groups is 3. The van der Waals surface area contributed by atoms with E-state index in [1.807, 2.05) is 4.90 Å². The van der Waals surface area contributed by atoms with Crippen LogP contribution in [-0.4, -0.2) is 48.3 Å². The summed E-state index contributed by atoms with van der Waals surface area (Å²) >= 11 is 0. The summed E-state index contributed by atoms with van der Waals surface area (Å²) in [5, 5.41) is 5.93. The molecule has 0 atom stereocenters. The molecule has 1 saturated carbocycles. The number of nitrogens with zero attached hydrogens (tertiary/aromatic N) is 1. The molecule has 1 saturated heterocycles. The van der Waals surface area contributed by atoms with E-state index in [4.69, 9.17) is 5.73 Å². The van der Waals surface area contributed by atoms with Crippen LogP contribution < -0.4 is 16.4 Å². The summed E-state index contributed by atoms with van der Waals surface area (Å²) in [6.07, 6.45) is 5.70. The van der Waals surface area contributed by atoms with E-state index in [0.717, 1.165) is 25.7 Å². The Bertz CT molecular complexity index is 692. The Labute approximate surface area is 159 Å². The summed E-state index contributed by atoms with van der Waals surface area (Å²) < 4.78 is 0. The zero-order chi connectivity index (χ0) is 19.2. The van der Waals surface area contributed by atoms with E-state index >= 15 is 0 Å². The van der Waals surface area contributed by atoms with Gasteiger partial charge in [-0.2, -0.15) is 0 Å². The third-order valence-electron chi connectivity index (χ3n) is 5.49. The quantitative estimate of drug-likeness (QED) is 0.704. The fourth-order valence-electron chi connectivity index (χ4n) is 3.89. The maximum atomic E-state index is 12.6. The van der Waals surface area contributed by atoms with Gasteiger partial charge in [-0.15, -0.1) is 0 Å². The molecule has 2 fully saturated rings. The number of primary amides is 1. The zero-order valence-corrected chi connectivity index (χ0v) is 15.6. The number of hydrogen-bond donors (Lipinski definition) is 3. The normalized spacial score (nSPS) is 19.0. The first kappa shape index (κ1) is 19.4. The van der Waals surface area contributed by atoms with Crippen molar-refractivity contribution in [1.82, 2.24) is 10.2 Å². The van der Waals surface area contributed by atoms with Crippen molar-refractivity contribution < 1.29 is 14.4 Å². The Balaban J connectivity index is 1.55. The standard InChI is InChI=1S/C20H28N4O3/c21-19(26)14-9-11-24(12-10-14)13-18(25)23-17-8-4-3-7-16(17)20(27)22-15-5-1-2-6-15/h3-4,7-8,14-15H,1-2,5-6,9-13H2,(H2,21,26)(H,22,27)(H,23,25). The molecule has 1 aliphatic heterocycles. The van der Waals surface area contributed by atoms with Crippen molar-refractivity contribution in [3.8, 4) is 0 Å². The molecule has 7 heteroatoms. The number of para-hydroxylation sites is 1. The van der Waals surface area contributed by atoms with Gasteiger partial charge in [0.1, 0.15) is 0 Å². The summed E-state index contributed by atoms with van der Waals surface area (Å²) in [7, 11) is 0. The largest absolute Gasteiger partial charge is 0.369 e. The average Bonchev–Trinajstić information content (AvgIpc) is 3.15. The minimum atomic E-state index is -0.263. The first-order chi connectivity index (χ1) is 13.0. The number of benzene rings is 1. The molecule has 0 unspecified atom stereocenters. The van der Waals surface area contributed by atoms with E-state index in [1.54, 1.807) is 24.3 Å². The van der Waals surface area contributed by atoms with Gasteiger partial charge in [-0.05, 0) is 50.9 Å². The van der Waals surface area contributed by atoms with Gasteiger partial charge in [0, 0.05) is 12.0 Å². The number of nitrogens with two attached hydrogens (primary N) is 1. The van der Waals surface area contributed by atoms with E-state index < -0.39 is 0 Å². The fraction of sp³-hybridized carbons (Fsp3) is 0.550. The van der Waals surface area contributed by atoms with Crippen LogP contribution in [0.4, 0.5) is 5.69 Å². The van der Waals surface area contributed by atoms with Gasteiger partial charge in [-0.25, -0.2) is 0 Å². The van der Waals surface area contributed by atoms with Gasteiger partial charge in [0.25, 0.3) is 5.91 Å². The van der Waals surface area contributed by atoms with Crippen LogP contribution >= 0.6 is 0 Å². The average molecular weight is 372 g/mol. The number of rotatable bonds is 6. The monoisotopic (exact) mass is 372 g/mol. The molecular formula is C20H28N4O3. The number of nitrogens with one attached hydrogen (secondary N) is 2. The van der Waals surface area contributed by atoms with E-state index in [1.165, 1.54) is 0 Å². The topological polar surface area (TPSA) is 105 Å². The van der Waals surface area contributed by atoms with Crippen LogP contribution in [0.1, 0.15) is 48.9 Å². The number of piperidine rings is 1. The first-order valence-corrected chi connectivity index (χ1v) is 9.74. The lowest BCUT2D eigenvalue weighted by molar-refractivity contribution is -0.123. The Morgan fingerprint density at radius 1 is 1.04 bits per heavy atom. The van der Waals surface area contributed by atoms with Crippen LogP contribution in [0.3, 0.4) is 0 Å². The molecule has 1 aliphatic carbocycles. The summed E-state index contributed by atoms with van der Waals surface area (Å²) in [5.74, 6) is -0.653. The summed E-state index contributed by atoms with van der Waals surface area (Å²) in [6, 6.07) is 7.32. The second-order valence-electron chi connectivity index (χ2n) is 7.50. The second-order valence-corrected chi connectivity index (χ2v) is 7.50. The van der Waals surface area contributed by atoms with Crippen molar-refractivity contribution >= 4 is 23.4 Å². The lowest BCUT2D eigenvalue weighted by atomic mass is 9.96. The zero-order valence-electron chi connectivity index (χ0n) is 15.6. The van der Waals surface area contributed by atoms with Crippen LogP contribution in [0.5, 0.6) is 0 Å². The highest BCUT2D eigenvalue weighted by molar-refractivity contribution is 6.04. The second kappa shape index (κ2) is 8.99. The molecule has 2 aliphatic rings. The molecule has 0 radical (unpaired) electrons. The predicted molar refractivity (Wildman–Crippen MR) is 103 cm³/mol. The Hall–Kier alpha value is -2.41. The van der Waals surface area contributed by atoms with Gasteiger partial charge in [0.05, 0.1) is 17.8 Å². The van der Waals surface area contributed by atoms with E-state index in [0.29, 0.717) is 37.2 Å². The lowest BCUT2D eigenvalue weighted by Gasteiger charge is -2.29. The Kier molecular flexibility index (Phi) is 6.45. The van der Waals surface area contributed by atoms with Crippen LogP contribution in [0.25, 0.3) is 0 Å². The fourth-order valence-corrected chi connectivity index (χ4v) is 3.89. The van der Waals surface area contributed by atoms with Gasteiger partial charge in [0.2, 0.25) is 11.8 Å². The van der Waals surface area contributed by atoms with Gasteiger partial charge in [-0.1, -0.05) is 25.0 Å². The van der Waals surface area contributed by atoms with Gasteiger partial charge in [-0.3, -0.25) is 19.3 Å². The van der Waals surface area contributed by atoms with Crippen LogP contribution in [0.15, 0.2) is 24.3 Å². The minimum absolute atomic E-state index is 0.0932. The van der Waals surface area contributed by atoms with E-state index in [-0.39, 0.29) is 36.2 Å². The molecule has 0 spiro atoms. The molecule has 7 nitrogen and oxygen atoms in total. The van der Waals surface area contributed by atoms with Crippen LogP contribution in [-0.2, 0) is 9.59 Å². The van der Waals surface area contributed by atoms with E-state index in [9.17, 15) is 14.4 Å². The predicted octanol–water partition coefficient (Wildman–Crippen LogP) is 1.49. The van der Waals surface area contributed by atoms with E-state index in [2.05, 4.69) is 10.6 Å². The van der Waals surface area contributed by atoms with Crippen molar-refractivity contribution in [3.05, 3.63) is 29.8 Å².